The third-order valence-corrected chi connectivity index (χ3v) is 5.69. The van der Waals surface area contributed by atoms with E-state index in [1.807, 2.05) is 36.4 Å². The van der Waals surface area contributed by atoms with Crippen LogP contribution in [0.25, 0.3) is 5.65 Å². The van der Waals surface area contributed by atoms with Crippen LogP contribution in [0.4, 0.5) is 51.1 Å². The molecule has 0 spiro atoms. The number of fused-ring (bicyclic) bond motifs is 1. The number of carbonyl (C=O) groups is 4. The molecule has 3 aromatic rings. The Morgan fingerprint density at radius 1 is 0.857 bits per heavy atom. The predicted molar refractivity (Wildman–Crippen MR) is 154 cm³/mol. The van der Waals surface area contributed by atoms with Gasteiger partial charge in [-0.15, -0.1) is 5.10 Å². The van der Waals surface area contributed by atoms with E-state index in [1.165, 1.54) is 5.56 Å². The summed E-state index contributed by atoms with van der Waals surface area (Å²) >= 11 is 0. The van der Waals surface area contributed by atoms with E-state index < -0.39 is 24.5 Å². The number of carbonyl (C=O) groups excluding carboxylic acids is 1. The first-order valence-corrected chi connectivity index (χ1v) is 13.4. The first kappa shape index (κ1) is 43.9. The molecular formula is C27H31F9N6O7. The zero-order valence-electron chi connectivity index (χ0n) is 25.6. The average Bonchev–Trinajstić information content (AvgIpc) is 3.39. The summed E-state index contributed by atoms with van der Waals surface area (Å²) in [7, 11) is 2.14. The lowest BCUT2D eigenvalue weighted by Gasteiger charge is -2.32. The number of aliphatic carboxylic acids is 1. The van der Waals surface area contributed by atoms with Crippen LogP contribution in [0.3, 0.4) is 0 Å². The number of aromatic nitrogens is 3. The third-order valence-electron chi connectivity index (χ3n) is 5.69. The van der Waals surface area contributed by atoms with Crippen molar-refractivity contribution in [2.24, 2.45) is 0 Å². The van der Waals surface area contributed by atoms with Crippen LogP contribution < -0.4 is 10.2 Å². The van der Waals surface area contributed by atoms with E-state index in [9.17, 15) is 44.3 Å². The molecule has 0 saturated carbocycles. The number of hydrogen-bond donors (Lipinski definition) is 4. The van der Waals surface area contributed by atoms with Crippen molar-refractivity contribution in [3.63, 3.8) is 0 Å². The van der Waals surface area contributed by atoms with Gasteiger partial charge < -0.3 is 30.4 Å². The Balaban J connectivity index is 0.000000901. The van der Waals surface area contributed by atoms with E-state index in [1.54, 1.807) is 10.7 Å². The highest BCUT2D eigenvalue weighted by Crippen LogP contribution is 2.35. The highest BCUT2D eigenvalue weighted by molar-refractivity contribution is 6.03. The molecule has 0 unspecified atom stereocenters. The number of nitrogens with one attached hydrogen (secondary N) is 1. The fourth-order valence-corrected chi connectivity index (χ4v) is 3.44. The van der Waals surface area contributed by atoms with Gasteiger partial charge in [-0.3, -0.25) is 14.4 Å². The molecule has 22 heteroatoms. The quantitative estimate of drug-likeness (QED) is 0.210. The van der Waals surface area contributed by atoms with Crippen LogP contribution in [0.2, 0.25) is 0 Å². The van der Waals surface area contributed by atoms with Crippen LogP contribution >= 0.6 is 0 Å². The second-order valence-corrected chi connectivity index (χ2v) is 9.32. The maximum atomic E-state index is 12.5. The number of carboxylic acid groups (broad SMARTS) is 3. The molecule has 274 valence electrons. The van der Waals surface area contributed by atoms with Crippen LogP contribution in [0.15, 0.2) is 42.6 Å². The molecule has 1 aliphatic heterocycles. The number of piperazine rings is 1. The number of carboxylic acids is 1. The van der Waals surface area contributed by atoms with Gasteiger partial charge in [0.25, 0.3) is 18.9 Å². The maximum absolute atomic E-state index is 12.5. The number of amides is 1. The summed E-state index contributed by atoms with van der Waals surface area (Å²) in [6.07, 6.45) is -13.3. The molecule has 0 aliphatic carbocycles. The molecule has 1 aromatic carbocycles. The molecule has 13 nitrogen and oxygen atoms in total. The molecule has 1 fully saturated rings. The molecule has 1 saturated heterocycles. The fourth-order valence-electron chi connectivity index (χ4n) is 3.44. The molecule has 1 amide bonds. The lowest BCUT2D eigenvalue weighted by molar-refractivity contribution is -0.339. The van der Waals surface area contributed by atoms with Gasteiger partial charge in [-0.2, -0.15) is 39.5 Å². The van der Waals surface area contributed by atoms with E-state index >= 15 is 0 Å². The number of likely N-dealkylation sites (N-methyl/N-ethyl adjacent to an activating group) is 1. The van der Waals surface area contributed by atoms with Crippen LogP contribution in [0.5, 0.6) is 0 Å². The van der Waals surface area contributed by atoms with Crippen molar-refractivity contribution in [3.05, 3.63) is 53.7 Å². The summed E-state index contributed by atoms with van der Waals surface area (Å²) < 4.78 is 96.1. The highest BCUT2D eigenvalue weighted by atomic mass is 19.5. The van der Waals surface area contributed by atoms with Gasteiger partial charge in [-0.05, 0) is 43.3 Å². The number of hydrogen-bond acceptors (Lipinski definition) is 8. The van der Waals surface area contributed by atoms with E-state index in [4.69, 9.17) is 29.7 Å². The minimum absolute atomic E-state index is 0.161. The van der Waals surface area contributed by atoms with Crippen molar-refractivity contribution < 1.29 is 74.0 Å². The fraction of sp³-hybridized carbons (Fsp3) is 0.407. The van der Waals surface area contributed by atoms with Gasteiger partial charge in [-0.25, -0.2) is 14.3 Å². The van der Waals surface area contributed by atoms with Crippen molar-refractivity contribution in [3.8, 4) is 0 Å². The molecule has 0 bridgehead atoms. The molecule has 1 aliphatic rings. The van der Waals surface area contributed by atoms with Crippen molar-refractivity contribution in [2.45, 2.75) is 38.3 Å². The Hall–Kier alpha value is -5.15. The van der Waals surface area contributed by atoms with Gasteiger partial charge in [0.15, 0.2) is 11.5 Å². The zero-order valence-corrected chi connectivity index (χ0v) is 25.6. The molecule has 4 rings (SSSR count). The molecule has 49 heavy (non-hydrogen) atoms. The Morgan fingerprint density at radius 2 is 1.33 bits per heavy atom. The third kappa shape index (κ3) is 16.5. The van der Waals surface area contributed by atoms with Gasteiger partial charge in [0, 0.05) is 31.7 Å². The van der Waals surface area contributed by atoms with Gasteiger partial charge in [-0.1, -0.05) is 25.5 Å². The first-order chi connectivity index (χ1) is 22.6. The minimum Gasteiger partial charge on any atom is -0.483 e. The summed E-state index contributed by atoms with van der Waals surface area (Å²) in [6.45, 7) is 5.62. The number of alkyl halides is 9. The van der Waals surface area contributed by atoms with Crippen molar-refractivity contribution in [2.75, 3.05) is 43.4 Å². The number of halogens is 9. The van der Waals surface area contributed by atoms with E-state index in [0.29, 0.717) is 17.0 Å². The number of rotatable bonds is 5. The molecule has 2 aromatic heterocycles. The second kappa shape index (κ2) is 20.3. The lowest BCUT2D eigenvalue weighted by Crippen LogP contribution is -2.44. The van der Waals surface area contributed by atoms with Crippen molar-refractivity contribution in [1.82, 2.24) is 19.5 Å². The summed E-state index contributed by atoms with van der Waals surface area (Å²) in [4.78, 5) is 47.2. The normalized spacial score (nSPS) is 13.1. The van der Waals surface area contributed by atoms with Gasteiger partial charge in [0.05, 0.1) is 6.20 Å². The number of aryl methyl sites for hydroxylation is 1. The number of benzene rings is 1. The van der Waals surface area contributed by atoms with Crippen molar-refractivity contribution in [1.29, 1.82) is 0 Å². The van der Waals surface area contributed by atoms with Crippen LogP contribution in [-0.4, -0.2) is 111 Å². The van der Waals surface area contributed by atoms with Crippen molar-refractivity contribution >= 4 is 42.1 Å². The topological polar surface area (TPSA) is 178 Å². The lowest BCUT2D eigenvalue weighted by atomic mass is 10.1. The first-order valence-electron chi connectivity index (χ1n) is 13.4. The Bertz CT molecular complexity index is 1440. The zero-order chi connectivity index (χ0) is 38.0. The number of anilines is 2. The Morgan fingerprint density at radius 3 is 1.73 bits per heavy atom. The highest BCUT2D eigenvalue weighted by Gasteiger charge is 2.58. The summed E-state index contributed by atoms with van der Waals surface area (Å²) in [5.41, 5.74) is 2.59. The monoisotopic (exact) mass is 722 g/mol. The number of imidazole rings is 1. The minimum atomic E-state index is -6.06. The van der Waals surface area contributed by atoms with E-state index in [2.05, 4.69) is 39.2 Å². The summed E-state index contributed by atoms with van der Waals surface area (Å²) in [5, 5.41) is 28.4. The molecule has 3 heterocycles. The smallest absolute Gasteiger partial charge is 0.483 e. The molecule has 4 N–H and O–H groups in total. The Labute approximate surface area is 271 Å². The van der Waals surface area contributed by atoms with Gasteiger partial charge >= 0.3 is 24.5 Å². The average molecular weight is 723 g/mol. The second-order valence-electron chi connectivity index (χ2n) is 9.32. The SMILES string of the molecule is CCCc1ccc(C(=O)Nc2cn3nc(N4CCN(C)CC4)ccc3n2)cc1.FC(F)(F)C(F)(F)F.O=C(O)C(F)(F)F.O=CO.O=CO. The van der Waals surface area contributed by atoms with Crippen LogP contribution in [0.1, 0.15) is 29.3 Å². The number of nitrogens with zero attached hydrogens (tertiary/aromatic N) is 5. The van der Waals surface area contributed by atoms with Crippen LogP contribution in [0, 0.1) is 0 Å². The largest absolute Gasteiger partial charge is 0.490 e. The van der Waals surface area contributed by atoms with E-state index in [-0.39, 0.29) is 18.9 Å². The summed E-state index contributed by atoms with van der Waals surface area (Å²) in [5.74, 6) is -1.48. The van der Waals surface area contributed by atoms with Gasteiger partial charge in [0.1, 0.15) is 5.82 Å². The standard InChI is InChI=1S/C21H26N6O.C2F6.C2HF3O2.2CH2O2/c1-3-4-16-5-7-17(8-6-16)21(28)23-18-15-27-19(22-18)9-10-20(24-27)26-13-11-25(2)12-14-26;3-1(4,5)2(6,7)8;3-2(4,5)1(6)7;2*2-1-3/h5-10,15H,3-4,11-14H2,1-2H3,(H,23,28);;(H,6,7);2*1H,(H,2,3). The van der Waals surface area contributed by atoms with Gasteiger partial charge in [0.2, 0.25) is 0 Å². The maximum Gasteiger partial charge on any atom is 0.490 e. The Kier molecular flexibility index (Phi) is 18.1. The summed E-state index contributed by atoms with van der Waals surface area (Å²) in [6, 6.07) is 11.7. The molecular weight excluding hydrogens is 691 g/mol. The molecule has 0 radical (unpaired) electrons. The van der Waals surface area contributed by atoms with Crippen LogP contribution in [-0.2, 0) is 20.8 Å². The van der Waals surface area contributed by atoms with E-state index in [0.717, 1.165) is 44.8 Å². The predicted octanol–water partition coefficient (Wildman–Crippen LogP) is 4.83. The molecule has 0 atom stereocenters.